The summed E-state index contributed by atoms with van der Waals surface area (Å²) in [5.74, 6) is -0.282. The van der Waals surface area contributed by atoms with E-state index in [4.69, 9.17) is 0 Å². The average molecular weight is 293 g/mol. The summed E-state index contributed by atoms with van der Waals surface area (Å²) in [5.41, 5.74) is 1.40. The first-order valence-corrected chi connectivity index (χ1v) is 7.49. The van der Waals surface area contributed by atoms with Crippen LogP contribution < -0.4 is 10.6 Å². The van der Waals surface area contributed by atoms with Crippen molar-refractivity contribution in [3.05, 3.63) is 17.5 Å². The van der Waals surface area contributed by atoms with Crippen LogP contribution in [0.3, 0.4) is 0 Å². The van der Waals surface area contributed by atoms with E-state index in [2.05, 4.69) is 15.7 Å². The van der Waals surface area contributed by atoms with Gasteiger partial charge in [-0.15, -0.1) is 0 Å². The molecule has 1 fully saturated rings. The first kappa shape index (κ1) is 15.5. The zero-order valence-electron chi connectivity index (χ0n) is 12.7. The average Bonchev–Trinajstić information content (AvgIpc) is 2.96. The number of amides is 2. The third-order valence-electron chi connectivity index (χ3n) is 3.59. The lowest BCUT2D eigenvalue weighted by Crippen LogP contribution is -2.49. The van der Waals surface area contributed by atoms with Gasteiger partial charge in [0, 0.05) is 32.7 Å². The Morgan fingerprint density at radius 3 is 2.67 bits per heavy atom. The highest BCUT2D eigenvalue weighted by molar-refractivity contribution is 5.95. The molecule has 2 heterocycles. The summed E-state index contributed by atoms with van der Waals surface area (Å²) in [7, 11) is 0. The molecule has 1 aliphatic rings. The Labute approximate surface area is 124 Å². The van der Waals surface area contributed by atoms with E-state index in [0.29, 0.717) is 25.3 Å². The standard InChI is InChI=1S/C14H23N5O2/c1-3-11-9-12(19(4-2)17-11)14(21)16-10-13(20)18-7-5-15-6-8-18/h9,15H,3-8,10H2,1-2H3,(H,16,21). The fraction of sp³-hybridized carbons (Fsp3) is 0.643. The molecule has 0 unspecified atom stereocenters. The molecule has 0 radical (unpaired) electrons. The van der Waals surface area contributed by atoms with Crippen LogP contribution in [0.25, 0.3) is 0 Å². The van der Waals surface area contributed by atoms with Crippen LogP contribution in [0.1, 0.15) is 30.0 Å². The largest absolute Gasteiger partial charge is 0.342 e. The van der Waals surface area contributed by atoms with Crippen LogP contribution in [0.5, 0.6) is 0 Å². The van der Waals surface area contributed by atoms with Gasteiger partial charge in [0.05, 0.1) is 12.2 Å². The van der Waals surface area contributed by atoms with Crippen molar-refractivity contribution in [2.45, 2.75) is 26.8 Å². The molecule has 7 nitrogen and oxygen atoms in total. The van der Waals surface area contributed by atoms with E-state index >= 15 is 0 Å². The van der Waals surface area contributed by atoms with Crippen molar-refractivity contribution in [1.82, 2.24) is 25.3 Å². The first-order valence-electron chi connectivity index (χ1n) is 7.49. The Balaban J connectivity index is 1.92. The summed E-state index contributed by atoms with van der Waals surface area (Å²) in [6.07, 6.45) is 0.785. The molecule has 0 aliphatic carbocycles. The SMILES string of the molecule is CCc1cc(C(=O)NCC(=O)N2CCNCC2)n(CC)n1. The second-order valence-electron chi connectivity index (χ2n) is 5.00. The van der Waals surface area contributed by atoms with Gasteiger partial charge in [-0.25, -0.2) is 0 Å². The molecule has 2 rings (SSSR count). The second-order valence-corrected chi connectivity index (χ2v) is 5.00. The normalized spacial score (nSPS) is 15.0. The number of hydrogen-bond acceptors (Lipinski definition) is 4. The van der Waals surface area contributed by atoms with Crippen LogP contribution in [0.4, 0.5) is 0 Å². The van der Waals surface area contributed by atoms with E-state index in [9.17, 15) is 9.59 Å². The predicted molar refractivity (Wildman–Crippen MR) is 79.1 cm³/mol. The maximum absolute atomic E-state index is 12.2. The molecule has 2 amide bonds. The minimum absolute atomic E-state index is 0.0369. The van der Waals surface area contributed by atoms with Gasteiger partial charge in [-0.05, 0) is 19.4 Å². The maximum atomic E-state index is 12.2. The van der Waals surface area contributed by atoms with Gasteiger partial charge >= 0.3 is 0 Å². The van der Waals surface area contributed by atoms with Gasteiger partial charge in [0.15, 0.2) is 0 Å². The van der Waals surface area contributed by atoms with E-state index in [1.807, 2.05) is 13.8 Å². The van der Waals surface area contributed by atoms with Crippen molar-refractivity contribution < 1.29 is 9.59 Å². The smallest absolute Gasteiger partial charge is 0.269 e. The topological polar surface area (TPSA) is 79.3 Å². The number of rotatable bonds is 5. The van der Waals surface area contributed by atoms with Crippen LogP contribution >= 0.6 is 0 Å². The number of aryl methyl sites for hydroxylation is 2. The van der Waals surface area contributed by atoms with Crippen LogP contribution in [-0.4, -0.2) is 59.2 Å². The number of nitrogens with zero attached hydrogens (tertiary/aromatic N) is 3. The zero-order valence-corrected chi connectivity index (χ0v) is 12.7. The molecule has 0 saturated carbocycles. The molecule has 0 spiro atoms. The van der Waals surface area contributed by atoms with Crippen molar-refractivity contribution in [3.8, 4) is 0 Å². The molecule has 7 heteroatoms. The highest BCUT2D eigenvalue weighted by Gasteiger charge is 2.19. The van der Waals surface area contributed by atoms with E-state index in [-0.39, 0.29) is 18.4 Å². The fourth-order valence-electron chi connectivity index (χ4n) is 2.34. The lowest BCUT2D eigenvalue weighted by molar-refractivity contribution is -0.130. The Hall–Kier alpha value is -1.89. The Bertz CT molecular complexity index is 505. The van der Waals surface area contributed by atoms with Gasteiger partial charge in [-0.2, -0.15) is 5.10 Å². The van der Waals surface area contributed by atoms with Crippen molar-refractivity contribution in [2.24, 2.45) is 0 Å². The van der Waals surface area contributed by atoms with E-state index in [0.717, 1.165) is 25.2 Å². The fourth-order valence-corrected chi connectivity index (χ4v) is 2.34. The molecule has 1 saturated heterocycles. The minimum Gasteiger partial charge on any atom is -0.342 e. The van der Waals surface area contributed by atoms with Crippen LogP contribution in [0.2, 0.25) is 0 Å². The molecule has 1 aromatic heterocycles. The van der Waals surface area contributed by atoms with Crippen molar-refractivity contribution in [3.63, 3.8) is 0 Å². The van der Waals surface area contributed by atoms with Gasteiger partial charge in [0.25, 0.3) is 5.91 Å². The summed E-state index contributed by atoms with van der Waals surface area (Å²) in [6.45, 7) is 7.62. The van der Waals surface area contributed by atoms with E-state index in [1.165, 1.54) is 0 Å². The number of piperazine rings is 1. The van der Waals surface area contributed by atoms with Crippen LogP contribution in [0, 0.1) is 0 Å². The monoisotopic (exact) mass is 293 g/mol. The molecule has 1 aliphatic heterocycles. The Morgan fingerprint density at radius 2 is 2.05 bits per heavy atom. The third kappa shape index (κ3) is 3.81. The van der Waals surface area contributed by atoms with Gasteiger partial charge in [-0.3, -0.25) is 14.3 Å². The molecule has 2 N–H and O–H groups in total. The van der Waals surface area contributed by atoms with Gasteiger partial charge in [-0.1, -0.05) is 6.92 Å². The maximum Gasteiger partial charge on any atom is 0.269 e. The quantitative estimate of drug-likeness (QED) is 0.776. The highest BCUT2D eigenvalue weighted by Crippen LogP contribution is 2.05. The number of carbonyl (C=O) groups is 2. The third-order valence-corrected chi connectivity index (χ3v) is 3.59. The highest BCUT2D eigenvalue weighted by atomic mass is 16.2. The molecular formula is C14H23N5O2. The van der Waals surface area contributed by atoms with Crippen molar-refractivity contribution >= 4 is 11.8 Å². The summed E-state index contributed by atoms with van der Waals surface area (Å²) >= 11 is 0. The zero-order chi connectivity index (χ0) is 15.2. The molecule has 0 aromatic carbocycles. The molecular weight excluding hydrogens is 270 g/mol. The van der Waals surface area contributed by atoms with Gasteiger partial charge in [0.2, 0.25) is 5.91 Å². The lowest BCUT2D eigenvalue weighted by Gasteiger charge is -2.27. The van der Waals surface area contributed by atoms with Gasteiger partial charge < -0.3 is 15.5 Å². The Morgan fingerprint density at radius 1 is 1.33 bits per heavy atom. The van der Waals surface area contributed by atoms with Gasteiger partial charge in [0.1, 0.15) is 5.69 Å². The summed E-state index contributed by atoms with van der Waals surface area (Å²) in [4.78, 5) is 26.0. The predicted octanol–water partition coefficient (Wildman–Crippen LogP) is -0.373. The van der Waals surface area contributed by atoms with Crippen LogP contribution in [-0.2, 0) is 17.8 Å². The van der Waals surface area contributed by atoms with Crippen molar-refractivity contribution in [2.75, 3.05) is 32.7 Å². The second kappa shape index (κ2) is 7.21. The van der Waals surface area contributed by atoms with E-state index in [1.54, 1.807) is 15.6 Å². The summed E-state index contributed by atoms with van der Waals surface area (Å²) in [5, 5.41) is 10.2. The number of aromatic nitrogens is 2. The summed E-state index contributed by atoms with van der Waals surface area (Å²) < 4.78 is 1.67. The first-order chi connectivity index (χ1) is 10.2. The molecule has 116 valence electrons. The van der Waals surface area contributed by atoms with Crippen molar-refractivity contribution in [1.29, 1.82) is 0 Å². The Kier molecular flexibility index (Phi) is 5.32. The minimum atomic E-state index is -0.243. The molecule has 21 heavy (non-hydrogen) atoms. The molecule has 0 bridgehead atoms. The lowest BCUT2D eigenvalue weighted by atomic mass is 10.3. The molecule has 0 atom stereocenters. The number of carbonyl (C=O) groups excluding carboxylic acids is 2. The van der Waals surface area contributed by atoms with E-state index < -0.39 is 0 Å². The van der Waals surface area contributed by atoms with Crippen LogP contribution in [0.15, 0.2) is 6.07 Å². The number of hydrogen-bond donors (Lipinski definition) is 2. The number of nitrogens with one attached hydrogen (secondary N) is 2. The molecule has 1 aromatic rings. The summed E-state index contributed by atoms with van der Waals surface area (Å²) in [6, 6.07) is 1.79.